The number of aliphatic hydroxyl groups is 1. The summed E-state index contributed by atoms with van der Waals surface area (Å²) < 4.78 is 43.5. The molecular formula is C14H18F3NO2. The summed E-state index contributed by atoms with van der Waals surface area (Å²) in [5.74, 6) is 0.598. The highest BCUT2D eigenvalue weighted by molar-refractivity contribution is 5.52. The van der Waals surface area contributed by atoms with Gasteiger partial charge in [-0.25, -0.2) is 0 Å². The standard InChI is InChI=1S/C14H18F3NO2/c15-14(16,17)12-3-1-2-4-13(12)18-7-11(19)9-20-8-10-5-6-10/h1-4,10-11,18-19H,5-9H2. The van der Waals surface area contributed by atoms with Gasteiger partial charge in [0.15, 0.2) is 0 Å². The van der Waals surface area contributed by atoms with Gasteiger partial charge in [0.25, 0.3) is 0 Å². The number of anilines is 1. The Hall–Kier alpha value is -1.27. The molecule has 0 saturated heterocycles. The maximum absolute atomic E-state index is 12.7. The molecule has 1 aromatic carbocycles. The van der Waals surface area contributed by atoms with E-state index >= 15 is 0 Å². The third-order valence-corrected chi connectivity index (χ3v) is 3.12. The maximum atomic E-state index is 12.7. The fourth-order valence-electron chi connectivity index (χ4n) is 1.83. The molecule has 2 rings (SSSR count). The Morgan fingerprint density at radius 1 is 1.30 bits per heavy atom. The number of ether oxygens (including phenoxy) is 1. The van der Waals surface area contributed by atoms with Crippen LogP contribution >= 0.6 is 0 Å². The second-order valence-electron chi connectivity index (χ2n) is 5.06. The molecule has 1 unspecified atom stereocenters. The largest absolute Gasteiger partial charge is 0.418 e. The topological polar surface area (TPSA) is 41.5 Å². The van der Waals surface area contributed by atoms with Crippen molar-refractivity contribution in [3.8, 4) is 0 Å². The average Bonchev–Trinajstić information content (AvgIpc) is 3.20. The normalized spacial score (nSPS) is 17.0. The molecular weight excluding hydrogens is 271 g/mol. The van der Waals surface area contributed by atoms with Gasteiger partial charge in [-0.2, -0.15) is 13.2 Å². The van der Waals surface area contributed by atoms with Crippen molar-refractivity contribution in [2.24, 2.45) is 5.92 Å². The number of aliphatic hydroxyl groups excluding tert-OH is 1. The van der Waals surface area contributed by atoms with Crippen molar-refractivity contribution < 1.29 is 23.0 Å². The number of hydrogen-bond acceptors (Lipinski definition) is 3. The first-order valence-electron chi connectivity index (χ1n) is 6.62. The van der Waals surface area contributed by atoms with E-state index in [2.05, 4.69) is 5.32 Å². The summed E-state index contributed by atoms with van der Waals surface area (Å²) in [5, 5.41) is 12.3. The molecule has 1 aliphatic rings. The zero-order valence-corrected chi connectivity index (χ0v) is 11.0. The van der Waals surface area contributed by atoms with Crippen molar-refractivity contribution >= 4 is 5.69 Å². The van der Waals surface area contributed by atoms with Gasteiger partial charge in [0.1, 0.15) is 0 Å². The first kappa shape index (κ1) is 15.1. The second kappa shape index (κ2) is 6.45. The van der Waals surface area contributed by atoms with Crippen LogP contribution in [0.25, 0.3) is 0 Å². The Morgan fingerprint density at radius 3 is 2.65 bits per heavy atom. The molecule has 20 heavy (non-hydrogen) atoms. The van der Waals surface area contributed by atoms with E-state index in [1.54, 1.807) is 0 Å². The van der Waals surface area contributed by atoms with Crippen molar-refractivity contribution in [3.63, 3.8) is 0 Å². The zero-order valence-electron chi connectivity index (χ0n) is 11.0. The Balaban J connectivity index is 1.80. The molecule has 6 heteroatoms. The summed E-state index contributed by atoms with van der Waals surface area (Å²) in [6.07, 6.45) is -2.91. The molecule has 1 saturated carbocycles. The van der Waals surface area contributed by atoms with Crippen LogP contribution in [0.4, 0.5) is 18.9 Å². The Kier molecular flexibility index (Phi) is 4.88. The SMILES string of the molecule is OC(CNc1ccccc1C(F)(F)F)COCC1CC1. The van der Waals surface area contributed by atoms with Crippen LogP contribution in [0, 0.1) is 5.92 Å². The van der Waals surface area contributed by atoms with E-state index in [1.165, 1.54) is 18.2 Å². The van der Waals surface area contributed by atoms with Crippen LogP contribution in [-0.4, -0.2) is 31.0 Å². The fourth-order valence-corrected chi connectivity index (χ4v) is 1.83. The number of rotatable bonds is 7. The summed E-state index contributed by atoms with van der Waals surface area (Å²) in [5.41, 5.74) is -0.757. The molecule has 0 radical (unpaired) electrons. The Labute approximate surface area is 115 Å². The van der Waals surface area contributed by atoms with E-state index in [1.807, 2.05) is 0 Å². The minimum atomic E-state index is -4.41. The lowest BCUT2D eigenvalue weighted by Crippen LogP contribution is -2.26. The molecule has 0 heterocycles. The van der Waals surface area contributed by atoms with Gasteiger partial charge in [0.05, 0.1) is 18.3 Å². The van der Waals surface area contributed by atoms with E-state index in [4.69, 9.17) is 4.74 Å². The number of nitrogens with one attached hydrogen (secondary N) is 1. The van der Waals surface area contributed by atoms with E-state index in [9.17, 15) is 18.3 Å². The first-order valence-corrected chi connectivity index (χ1v) is 6.62. The van der Waals surface area contributed by atoms with Crippen LogP contribution in [0.1, 0.15) is 18.4 Å². The monoisotopic (exact) mass is 289 g/mol. The van der Waals surface area contributed by atoms with Gasteiger partial charge in [0, 0.05) is 18.8 Å². The predicted octanol–water partition coefficient (Wildman–Crippen LogP) is 2.90. The molecule has 1 atom stereocenters. The highest BCUT2D eigenvalue weighted by atomic mass is 19.4. The number of hydrogen-bond donors (Lipinski definition) is 2. The number of benzene rings is 1. The Bertz CT molecular complexity index is 433. The summed E-state index contributed by atoms with van der Waals surface area (Å²) >= 11 is 0. The van der Waals surface area contributed by atoms with Crippen molar-refractivity contribution in [1.82, 2.24) is 0 Å². The van der Waals surface area contributed by atoms with Gasteiger partial charge in [-0.3, -0.25) is 0 Å². The van der Waals surface area contributed by atoms with Crippen molar-refractivity contribution in [2.75, 3.05) is 25.1 Å². The van der Waals surface area contributed by atoms with Gasteiger partial charge < -0.3 is 15.2 Å². The van der Waals surface area contributed by atoms with E-state index in [-0.39, 0.29) is 18.8 Å². The Morgan fingerprint density at radius 2 is 2.00 bits per heavy atom. The molecule has 1 fully saturated rings. The van der Waals surface area contributed by atoms with Gasteiger partial charge in [-0.15, -0.1) is 0 Å². The third kappa shape index (κ3) is 4.68. The second-order valence-corrected chi connectivity index (χ2v) is 5.06. The van der Waals surface area contributed by atoms with Crippen molar-refractivity contribution in [3.05, 3.63) is 29.8 Å². The smallest absolute Gasteiger partial charge is 0.389 e. The molecule has 0 aliphatic heterocycles. The number of halogens is 3. The van der Waals surface area contributed by atoms with Crippen molar-refractivity contribution in [1.29, 1.82) is 0 Å². The molecule has 3 nitrogen and oxygen atoms in total. The lowest BCUT2D eigenvalue weighted by molar-refractivity contribution is -0.137. The molecule has 2 N–H and O–H groups in total. The zero-order chi connectivity index (χ0) is 14.6. The van der Waals surface area contributed by atoms with Crippen LogP contribution in [0.3, 0.4) is 0 Å². The summed E-state index contributed by atoms with van der Waals surface area (Å²) in [4.78, 5) is 0. The minimum absolute atomic E-state index is 0.0256. The number of alkyl halides is 3. The van der Waals surface area contributed by atoms with Gasteiger partial charge in [-0.1, -0.05) is 12.1 Å². The lowest BCUT2D eigenvalue weighted by atomic mass is 10.1. The maximum Gasteiger partial charge on any atom is 0.418 e. The molecule has 1 aliphatic carbocycles. The summed E-state index contributed by atoms with van der Waals surface area (Å²) in [6.45, 7) is 0.783. The van der Waals surface area contributed by atoms with Crippen LogP contribution in [0.5, 0.6) is 0 Å². The van der Waals surface area contributed by atoms with Gasteiger partial charge in [0.2, 0.25) is 0 Å². The fraction of sp³-hybridized carbons (Fsp3) is 0.571. The highest BCUT2D eigenvalue weighted by Gasteiger charge is 2.33. The summed E-state index contributed by atoms with van der Waals surface area (Å²) in [6, 6.07) is 5.22. The lowest BCUT2D eigenvalue weighted by Gasteiger charge is -2.17. The molecule has 112 valence electrons. The van der Waals surface area contributed by atoms with Crippen LogP contribution in [0.2, 0.25) is 0 Å². The molecule has 0 amide bonds. The predicted molar refractivity (Wildman–Crippen MR) is 69.5 cm³/mol. The van der Waals surface area contributed by atoms with E-state index in [0.29, 0.717) is 12.5 Å². The molecule has 0 bridgehead atoms. The molecule has 0 aromatic heterocycles. The highest BCUT2D eigenvalue weighted by Crippen LogP contribution is 2.34. The van der Waals surface area contributed by atoms with Crippen LogP contribution in [0.15, 0.2) is 24.3 Å². The van der Waals surface area contributed by atoms with E-state index < -0.39 is 17.8 Å². The molecule has 0 spiro atoms. The average molecular weight is 289 g/mol. The quantitative estimate of drug-likeness (QED) is 0.811. The van der Waals surface area contributed by atoms with Crippen molar-refractivity contribution in [2.45, 2.75) is 25.1 Å². The van der Waals surface area contributed by atoms with Gasteiger partial charge >= 0.3 is 6.18 Å². The summed E-state index contributed by atoms with van der Waals surface area (Å²) in [7, 11) is 0. The van der Waals surface area contributed by atoms with Gasteiger partial charge in [-0.05, 0) is 30.9 Å². The minimum Gasteiger partial charge on any atom is -0.389 e. The number of para-hydroxylation sites is 1. The third-order valence-electron chi connectivity index (χ3n) is 3.12. The van der Waals surface area contributed by atoms with E-state index in [0.717, 1.165) is 18.9 Å². The first-order chi connectivity index (χ1) is 9.47. The van der Waals surface area contributed by atoms with Crippen LogP contribution < -0.4 is 5.32 Å². The van der Waals surface area contributed by atoms with Crippen LogP contribution in [-0.2, 0) is 10.9 Å². The molecule has 1 aromatic rings.